The minimum atomic E-state index is 0.115. The summed E-state index contributed by atoms with van der Waals surface area (Å²) in [5.41, 5.74) is 1.34. The number of hydrogen-bond acceptors (Lipinski definition) is 4. The quantitative estimate of drug-likeness (QED) is 0.629. The lowest BCUT2D eigenvalue weighted by molar-refractivity contribution is 0.0931. The molecule has 0 bridgehead atoms. The van der Waals surface area contributed by atoms with Crippen molar-refractivity contribution in [2.45, 2.75) is 19.3 Å². The van der Waals surface area contributed by atoms with Crippen molar-refractivity contribution < 1.29 is 14.3 Å². The SMILES string of the molecule is C#CC1CCN(CCC(=O)c2ccc3cc4c(cc3c2)OCCC4=O)C1. The predicted octanol–water partition coefficient (Wildman–Crippen LogP) is 3.33. The fraction of sp³-hybridized carbons (Fsp3) is 0.364. The predicted molar refractivity (Wildman–Crippen MR) is 101 cm³/mol. The number of carbonyl (C=O) groups excluding carboxylic acids is 2. The smallest absolute Gasteiger partial charge is 0.170 e. The molecule has 26 heavy (non-hydrogen) atoms. The van der Waals surface area contributed by atoms with Gasteiger partial charge in [-0.05, 0) is 41.9 Å². The maximum Gasteiger partial charge on any atom is 0.170 e. The molecule has 0 N–H and O–H groups in total. The fourth-order valence-electron chi connectivity index (χ4n) is 3.75. The maximum absolute atomic E-state index is 12.6. The van der Waals surface area contributed by atoms with E-state index in [1.165, 1.54) is 0 Å². The van der Waals surface area contributed by atoms with E-state index in [0.717, 1.165) is 36.8 Å². The molecule has 0 aromatic heterocycles. The normalized spacial score (nSPS) is 19.8. The van der Waals surface area contributed by atoms with Gasteiger partial charge in [0, 0.05) is 37.4 Å². The summed E-state index contributed by atoms with van der Waals surface area (Å²) in [6.07, 6.45) is 7.41. The number of ketones is 2. The summed E-state index contributed by atoms with van der Waals surface area (Å²) < 4.78 is 5.61. The van der Waals surface area contributed by atoms with Crippen LogP contribution in [0.1, 0.15) is 40.0 Å². The summed E-state index contributed by atoms with van der Waals surface area (Å²) in [6, 6.07) is 9.39. The number of hydrogen-bond donors (Lipinski definition) is 0. The van der Waals surface area contributed by atoms with Gasteiger partial charge < -0.3 is 9.64 Å². The van der Waals surface area contributed by atoms with Gasteiger partial charge in [0.15, 0.2) is 11.6 Å². The Bertz CT molecular complexity index is 925. The van der Waals surface area contributed by atoms with E-state index in [2.05, 4.69) is 10.8 Å². The van der Waals surface area contributed by atoms with Gasteiger partial charge in [0.25, 0.3) is 0 Å². The molecule has 0 radical (unpaired) electrons. The van der Waals surface area contributed by atoms with Gasteiger partial charge in [0.05, 0.1) is 12.2 Å². The minimum absolute atomic E-state index is 0.115. The Balaban J connectivity index is 1.50. The van der Waals surface area contributed by atoms with Crippen molar-refractivity contribution in [2.75, 3.05) is 26.2 Å². The number of terminal acetylenes is 1. The summed E-state index contributed by atoms with van der Waals surface area (Å²) in [7, 11) is 0. The van der Waals surface area contributed by atoms with Crippen molar-refractivity contribution in [1.82, 2.24) is 4.90 Å². The van der Waals surface area contributed by atoms with Gasteiger partial charge in [-0.15, -0.1) is 12.3 Å². The van der Waals surface area contributed by atoms with Crippen LogP contribution in [0.5, 0.6) is 5.75 Å². The molecule has 2 aliphatic heterocycles. The lowest BCUT2D eigenvalue weighted by atomic mass is 9.97. The first-order valence-electron chi connectivity index (χ1n) is 9.09. The molecule has 4 nitrogen and oxygen atoms in total. The molecular formula is C22H21NO3. The van der Waals surface area contributed by atoms with Crippen LogP contribution in [0, 0.1) is 18.3 Å². The number of fused-ring (bicyclic) bond motifs is 2. The summed E-state index contributed by atoms with van der Waals surface area (Å²) in [5, 5.41) is 1.88. The van der Waals surface area contributed by atoms with Crippen molar-refractivity contribution in [1.29, 1.82) is 0 Å². The number of benzene rings is 2. The summed E-state index contributed by atoms with van der Waals surface area (Å²) in [4.78, 5) is 26.9. The van der Waals surface area contributed by atoms with Crippen LogP contribution < -0.4 is 4.74 Å². The molecule has 0 spiro atoms. The Morgan fingerprint density at radius 1 is 1.27 bits per heavy atom. The molecular weight excluding hydrogens is 326 g/mol. The number of rotatable bonds is 4. The van der Waals surface area contributed by atoms with Crippen molar-refractivity contribution in [3.05, 3.63) is 41.5 Å². The zero-order valence-electron chi connectivity index (χ0n) is 14.7. The van der Waals surface area contributed by atoms with Crippen LogP contribution in [0.25, 0.3) is 10.8 Å². The molecule has 2 aliphatic rings. The zero-order chi connectivity index (χ0) is 18.1. The largest absolute Gasteiger partial charge is 0.492 e. The number of likely N-dealkylation sites (tertiary alicyclic amines) is 1. The Kier molecular flexibility index (Phi) is 4.48. The third-order valence-electron chi connectivity index (χ3n) is 5.31. The second-order valence-electron chi connectivity index (χ2n) is 7.06. The highest BCUT2D eigenvalue weighted by atomic mass is 16.5. The molecule has 1 atom stereocenters. The average molecular weight is 347 g/mol. The second kappa shape index (κ2) is 6.93. The van der Waals surface area contributed by atoms with E-state index >= 15 is 0 Å². The lowest BCUT2D eigenvalue weighted by Gasteiger charge is -2.17. The van der Waals surface area contributed by atoms with Crippen LogP contribution in [-0.2, 0) is 0 Å². The van der Waals surface area contributed by atoms with Crippen LogP contribution in [0.2, 0.25) is 0 Å². The van der Waals surface area contributed by atoms with Gasteiger partial charge >= 0.3 is 0 Å². The third kappa shape index (κ3) is 3.23. The van der Waals surface area contributed by atoms with Crippen LogP contribution in [0.3, 0.4) is 0 Å². The van der Waals surface area contributed by atoms with Crippen LogP contribution in [0.15, 0.2) is 30.3 Å². The molecule has 0 amide bonds. The topological polar surface area (TPSA) is 46.6 Å². The minimum Gasteiger partial charge on any atom is -0.492 e. The summed E-state index contributed by atoms with van der Waals surface area (Å²) >= 11 is 0. The monoisotopic (exact) mass is 347 g/mol. The fourth-order valence-corrected chi connectivity index (χ4v) is 3.75. The zero-order valence-corrected chi connectivity index (χ0v) is 14.7. The molecule has 1 fully saturated rings. The first-order valence-corrected chi connectivity index (χ1v) is 9.09. The number of carbonyl (C=O) groups is 2. The van der Waals surface area contributed by atoms with Gasteiger partial charge in [-0.2, -0.15) is 0 Å². The van der Waals surface area contributed by atoms with Gasteiger partial charge in [-0.3, -0.25) is 9.59 Å². The van der Waals surface area contributed by atoms with Crippen molar-refractivity contribution >= 4 is 22.3 Å². The van der Waals surface area contributed by atoms with Crippen molar-refractivity contribution in [2.24, 2.45) is 5.92 Å². The van der Waals surface area contributed by atoms with Crippen LogP contribution in [-0.4, -0.2) is 42.7 Å². The Hall–Kier alpha value is -2.64. The van der Waals surface area contributed by atoms with E-state index in [1.807, 2.05) is 30.3 Å². The maximum atomic E-state index is 12.6. The summed E-state index contributed by atoms with van der Waals surface area (Å²) in [6.45, 7) is 3.03. The molecule has 4 rings (SSSR count). The molecule has 4 heteroatoms. The first-order chi connectivity index (χ1) is 12.6. The first kappa shape index (κ1) is 16.8. The van der Waals surface area contributed by atoms with Crippen LogP contribution in [0.4, 0.5) is 0 Å². The van der Waals surface area contributed by atoms with Crippen molar-refractivity contribution in [3.8, 4) is 18.1 Å². The summed E-state index contributed by atoms with van der Waals surface area (Å²) in [5.74, 6) is 3.98. The highest BCUT2D eigenvalue weighted by Gasteiger charge is 2.22. The lowest BCUT2D eigenvalue weighted by Crippen LogP contribution is -2.23. The average Bonchev–Trinajstić information content (AvgIpc) is 3.13. The second-order valence-corrected chi connectivity index (χ2v) is 7.06. The van der Waals surface area contributed by atoms with Gasteiger partial charge in [-0.25, -0.2) is 0 Å². The molecule has 2 aromatic rings. The molecule has 1 saturated heterocycles. The van der Waals surface area contributed by atoms with Crippen LogP contribution >= 0.6 is 0 Å². The number of Topliss-reactive ketones (excluding diaryl/α,β-unsaturated/α-hetero) is 2. The van der Waals surface area contributed by atoms with E-state index in [-0.39, 0.29) is 11.6 Å². The Morgan fingerprint density at radius 3 is 2.96 bits per heavy atom. The van der Waals surface area contributed by atoms with E-state index in [4.69, 9.17) is 11.2 Å². The van der Waals surface area contributed by atoms with E-state index in [9.17, 15) is 9.59 Å². The van der Waals surface area contributed by atoms with Gasteiger partial charge in [0.2, 0.25) is 0 Å². The molecule has 2 heterocycles. The highest BCUT2D eigenvalue weighted by molar-refractivity contribution is 6.05. The van der Waals surface area contributed by atoms with E-state index in [0.29, 0.717) is 42.2 Å². The molecule has 2 aromatic carbocycles. The number of nitrogens with zero attached hydrogens (tertiary/aromatic N) is 1. The number of ether oxygens (including phenoxy) is 1. The molecule has 0 saturated carbocycles. The standard InChI is InChI=1S/C22H21NO3/c1-2-15-5-8-23(14-15)9-6-20(24)17-4-3-16-12-19-21(25)7-10-26-22(19)13-18(16)11-17/h1,3-4,11-13,15H,5-10,14H2. The Morgan fingerprint density at radius 2 is 2.15 bits per heavy atom. The van der Waals surface area contributed by atoms with Gasteiger partial charge in [0.1, 0.15) is 5.75 Å². The van der Waals surface area contributed by atoms with E-state index < -0.39 is 0 Å². The Labute approximate surface area is 153 Å². The van der Waals surface area contributed by atoms with Gasteiger partial charge in [-0.1, -0.05) is 12.1 Å². The van der Waals surface area contributed by atoms with Crippen molar-refractivity contribution in [3.63, 3.8) is 0 Å². The molecule has 1 unspecified atom stereocenters. The molecule has 132 valence electrons. The molecule has 0 aliphatic carbocycles. The van der Waals surface area contributed by atoms with E-state index in [1.54, 1.807) is 0 Å². The third-order valence-corrected chi connectivity index (χ3v) is 5.31. The highest BCUT2D eigenvalue weighted by Crippen LogP contribution is 2.30.